The molecule has 1 aliphatic carbocycles. The minimum absolute atomic E-state index is 0.423. The van der Waals surface area contributed by atoms with E-state index < -0.39 is 0 Å². The molecule has 1 fully saturated rings. The van der Waals surface area contributed by atoms with E-state index in [4.69, 9.17) is 0 Å². The molecular weight excluding hydrogens is 236 g/mol. The maximum absolute atomic E-state index is 4.60. The highest BCUT2D eigenvalue weighted by Crippen LogP contribution is 2.37. The highest BCUT2D eigenvalue weighted by molar-refractivity contribution is 5.61. The Labute approximate surface area is 116 Å². The molecule has 0 spiro atoms. The lowest BCUT2D eigenvalue weighted by molar-refractivity contribution is 0.598. The van der Waals surface area contributed by atoms with Crippen LogP contribution in [0.2, 0.25) is 0 Å². The molecule has 19 heavy (non-hydrogen) atoms. The van der Waals surface area contributed by atoms with Crippen molar-refractivity contribution in [1.29, 1.82) is 0 Å². The molecule has 1 N–H and O–H groups in total. The molecule has 4 heteroatoms. The second-order valence-corrected chi connectivity index (χ2v) is 6.14. The standard InChI is InChI=1S/C15H26N4/c1-10(2)8-19(12-6-7-12)15-13(11(3)4)14(16-5)17-9-18-15/h9-12H,6-8H2,1-5H3,(H,16,17,18). The Morgan fingerprint density at radius 1 is 1.26 bits per heavy atom. The van der Waals surface area contributed by atoms with Gasteiger partial charge in [-0.25, -0.2) is 9.97 Å². The van der Waals surface area contributed by atoms with Gasteiger partial charge in [-0.1, -0.05) is 27.7 Å². The fourth-order valence-electron chi connectivity index (χ4n) is 2.53. The van der Waals surface area contributed by atoms with Crippen LogP contribution >= 0.6 is 0 Å². The van der Waals surface area contributed by atoms with Gasteiger partial charge in [0, 0.05) is 25.2 Å². The Morgan fingerprint density at radius 2 is 1.95 bits per heavy atom. The number of nitrogens with one attached hydrogen (secondary N) is 1. The van der Waals surface area contributed by atoms with Gasteiger partial charge in [-0.05, 0) is 24.7 Å². The highest BCUT2D eigenvalue weighted by Gasteiger charge is 2.32. The Kier molecular flexibility index (Phi) is 4.27. The van der Waals surface area contributed by atoms with Crippen molar-refractivity contribution in [2.75, 3.05) is 23.8 Å². The maximum atomic E-state index is 4.60. The summed E-state index contributed by atoms with van der Waals surface area (Å²) >= 11 is 0. The molecule has 0 aromatic carbocycles. The summed E-state index contributed by atoms with van der Waals surface area (Å²) in [5.74, 6) is 3.17. The molecule has 2 rings (SSSR count). The van der Waals surface area contributed by atoms with Crippen LogP contribution in [0.25, 0.3) is 0 Å². The van der Waals surface area contributed by atoms with E-state index in [1.807, 2.05) is 7.05 Å². The zero-order valence-corrected chi connectivity index (χ0v) is 12.8. The Balaban J connectivity index is 2.40. The highest BCUT2D eigenvalue weighted by atomic mass is 15.2. The number of hydrogen-bond donors (Lipinski definition) is 1. The van der Waals surface area contributed by atoms with E-state index in [1.165, 1.54) is 18.4 Å². The summed E-state index contributed by atoms with van der Waals surface area (Å²) in [5.41, 5.74) is 1.25. The van der Waals surface area contributed by atoms with Gasteiger partial charge in [0.15, 0.2) is 0 Å². The van der Waals surface area contributed by atoms with Crippen LogP contribution < -0.4 is 10.2 Å². The molecule has 1 aromatic heterocycles. The summed E-state index contributed by atoms with van der Waals surface area (Å²) in [7, 11) is 1.93. The lowest BCUT2D eigenvalue weighted by atomic mass is 10.0. The third-order valence-corrected chi connectivity index (χ3v) is 3.50. The minimum Gasteiger partial charge on any atom is -0.373 e. The van der Waals surface area contributed by atoms with Gasteiger partial charge >= 0.3 is 0 Å². The van der Waals surface area contributed by atoms with Gasteiger partial charge in [-0.3, -0.25) is 0 Å². The van der Waals surface area contributed by atoms with E-state index in [1.54, 1.807) is 6.33 Å². The third-order valence-electron chi connectivity index (χ3n) is 3.50. The second kappa shape index (κ2) is 5.76. The fourth-order valence-corrected chi connectivity index (χ4v) is 2.53. The number of aromatic nitrogens is 2. The van der Waals surface area contributed by atoms with Crippen LogP contribution in [-0.4, -0.2) is 29.6 Å². The molecule has 1 aliphatic rings. The first-order valence-corrected chi connectivity index (χ1v) is 7.33. The third kappa shape index (κ3) is 3.17. The molecule has 0 saturated heterocycles. The van der Waals surface area contributed by atoms with Crippen molar-refractivity contribution in [3.63, 3.8) is 0 Å². The molecule has 0 amide bonds. The number of anilines is 2. The topological polar surface area (TPSA) is 41.1 Å². The van der Waals surface area contributed by atoms with Gasteiger partial charge in [-0.15, -0.1) is 0 Å². The van der Waals surface area contributed by atoms with Crippen LogP contribution in [-0.2, 0) is 0 Å². The lowest BCUT2D eigenvalue weighted by Crippen LogP contribution is -2.32. The molecule has 0 atom stereocenters. The zero-order valence-electron chi connectivity index (χ0n) is 12.8. The summed E-state index contributed by atoms with van der Waals surface area (Å²) < 4.78 is 0. The normalized spacial score (nSPS) is 15.1. The molecule has 1 saturated carbocycles. The summed E-state index contributed by atoms with van der Waals surface area (Å²) in [6.07, 6.45) is 4.27. The average Bonchev–Trinajstić information content (AvgIpc) is 3.18. The second-order valence-electron chi connectivity index (χ2n) is 6.14. The zero-order chi connectivity index (χ0) is 14.0. The predicted octanol–water partition coefficient (Wildman–Crippen LogP) is 3.27. The van der Waals surface area contributed by atoms with Crippen molar-refractivity contribution >= 4 is 11.6 Å². The van der Waals surface area contributed by atoms with Gasteiger partial charge < -0.3 is 10.2 Å². The van der Waals surface area contributed by atoms with E-state index in [2.05, 4.69) is 47.9 Å². The monoisotopic (exact) mass is 262 g/mol. The van der Waals surface area contributed by atoms with Crippen molar-refractivity contribution in [1.82, 2.24) is 9.97 Å². The molecule has 4 nitrogen and oxygen atoms in total. The largest absolute Gasteiger partial charge is 0.373 e. The molecule has 0 radical (unpaired) electrons. The van der Waals surface area contributed by atoms with Crippen LogP contribution in [0.3, 0.4) is 0 Å². The van der Waals surface area contributed by atoms with Crippen molar-refractivity contribution < 1.29 is 0 Å². The van der Waals surface area contributed by atoms with Crippen molar-refractivity contribution in [2.24, 2.45) is 5.92 Å². The van der Waals surface area contributed by atoms with Crippen LogP contribution in [0.4, 0.5) is 11.6 Å². The first-order chi connectivity index (χ1) is 9.04. The van der Waals surface area contributed by atoms with E-state index in [9.17, 15) is 0 Å². The lowest BCUT2D eigenvalue weighted by Gasteiger charge is -2.29. The first kappa shape index (κ1) is 14.1. The smallest absolute Gasteiger partial charge is 0.137 e. The van der Waals surface area contributed by atoms with Gasteiger partial charge in [-0.2, -0.15) is 0 Å². The molecule has 1 heterocycles. The van der Waals surface area contributed by atoms with Crippen LogP contribution in [0, 0.1) is 5.92 Å². The molecule has 1 aromatic rings. The number of nitrogens with zero attached hydrogens (tertiary/aromatic N) is 3. The SMILES string of the molecule is CNc1ncnc(N(CC(C)C)C2CC2)c1C(C)C. The Morgan fingerprint density at radius 3 is 2.42 bits per heavy atom. The van der Waals surface area contributed by atoms with E-state index in [0.717, 1.165) is 18.2 Å². The van der Waals surface area contributed by atoms with Gasteiger partial charge in [0.1, 0.15) is 18.0 Å². The van der Waals surface area contributed by atoms with E-state index >= 15 is 0 Å². The van der Waals surface area contributed by atoms with Gasteiger partial charge in [0.25, 0.3) is 0 Å². The summed E-state index contributed by atoms with van der Waals surface area (Å²) in [6.45, 7) is 10.0. The Bertz CT molecular complexity index is 424. The number of hydrogen-bond acceptors (Lipinski definition) is 4. The summed E-state index contributed by atoms with van der Waals surface area (Å²) in [6, 6.07) is 0.680. The van der Waals surface area contributed by atoms with Crippen LogP contribution in [0.15, 0.2) is 6.33 Å². The van der Waals surface area contributed by atoms with Gasteiger partial charge in [0.05, 0.1) is 0 Å². The molecule has 0 aliphatic heterocycles. The fraction of sp³-hybridized carbons (Fsp3) is 0.733. The van der Waals surface area contributed by atoms with Crippen LogP contribution in [0.1, 0.15) is 52.0 Å². The Hall–Kier alpha value is -1.32. The van der Waals surface area contributed by atoms with Crippen molar-refractivity contribution in [2.45, 2.75) is 52.5 Å². The molecule has 0 unspecified atom stereocenters. The van der Waals surface area contributed by atoms with E-state index in [-0.39, 0.29) is 0 Å². The molecule has 0 bridgehead atoms. The van der Waals surface area contributed by atoms with Crippen molar-refractivity contribution in [3.8, 4) is 0 Å². The quantitative estimate of drug-likeness (QED) is 0.854. The minimum atomic E-state index is 0.423. The van der Waals surface area contributed by atoms with E-state index in [0.29, 0.717) is 17.9 Å². The molecule has 106 valence electrons. The number of rotatable bonds is 6. The first-order valence-electron chi connectivity index (χ1n) is 7.33. The summed E-state index contributed by atoms with van der Waals surface area (Å²) in [5, 5.41) is 3.21. The maximum Gasteiger partial charge on any atom is 0.137 e. The predicted molar refractivity (Wildman–Crippen MR) is 80.9 cm³/mol. The molecular formula is C15H26N4. The van der Waals surface area contributed by atoms with Crippen LogP contribution in [0.5, 0.6) is 0 Å². The van der Waals surface area contributed by atoms with Gasteiger partial charge in [0.2, 0.25) is 0 Å². The summed E-state index contributed by atoms with van der Waals surface area (Å²) in [4.78, 5) is 11.5. The van der Waals surface area contributed by atoms with Crippen molar-refractivity contribution in [3.05, 3.63) is 11.9 Å². The average molecular weight is 262 g/mol.